The van der Waals surface area contributed by atoms with Gasteiger partial charge in [-0.25, -0.2) is 0 Å². The van der Waals surface area contributed by atoms with Crippen LogP contribution in [-0.2, 0) is 14.3 Å². The van der Waals surface area contributed by atoms with Gasteiger partial charge < -0.3 is 19.3 Å². The summed E-state index contributed by atoms with van der Waals surface area (Å²) in [6.45, 7) is 6.24. The van der Waals surface area contributed by atoms with Crippen LogP contribution in [0.3, 0.4) is 0 Å². The maximum Gasteiger partial charge on any atom is 0.249 e. The molecule has 0 bridgehead atoms. The fraction of sp³-hybridized carbons (Fsp3) is 0.579. The van der Waals surface area contributed by atoms with E-state index in [0.717, 1.165) is 16.9 Å². The lowest BCUT2D eigenvalue weighted by molar-refractivity contribution is -0.144. The van der Waals surface area contributed by atoms with E-state index in [-0.39, 0.29) is 30.4 Å². The number of aryl methyl sites for hydroxylation is 1. The lowest BCUT2D eigenvalue weighted by Gasteiger charge is -2.44. The molecule has 6 nitrogen and oxygen atoms in total. The number of carbonyl (C=O) groups excluding carboxylic acids is 2. The van der Waals surface area contributed by atoms with Crippen LogP contribution in [0.15, 0.2) is 18.2 Å². The monoisotopic (exact) mass is 346 g/mol. The van der Waals surface area contributed by atoms with Crippen molar-refractivity contribution in [2.45, 2.75) is 26.3 Å². The van der Waals surface area contributed by atoms with Crippen LogP contribution in [0.4, 0.5) is 0 Å². The molecule has 1 fully saturated rings. The summed E-state index contributed by atoms with van der Waals surface area (Å²) in [6.07, 6.45) is 0.342. The summed E-state index contributed by atoms with van der Waals surface area (Å²) in [7, 11) is 1.52. The second-order valence-electron chi connectivity index (χ2n) is 6.76. The quantitative estimate of drug-likeness (QED) is 0.837. The maximum absolute atomic E-state index is 12.7. The molecular formula is C19H26N2O4. The summed E-state index contributed by atoms with van der Waals surface area (Å²) in [4.78, 5) is 28.8. The second-order valence-corrected chi connectivity index (χ2v) is 6.76. The van der Waals surface area contributed by atoms with Crippen molar-refractivity contribution in [3.8, 4) is 5.75 Å². The number of benzene rings is 1. The molecule has 0 spiro atoms. The Hall–Kier alpha value is -2.08. The largest absolute Gasteiger partial charge is 0.493 e. The minimum Gasteiger partial charge on any atom is -0.493 e. The van der Waals surface area contributed by atoms with Gasteiger partial charge in [-0.05, 0) is 19.9 Å². The molecule has 0 N–H and O–H groups in total. The van der Waals surface area contributed by atoms with E-state index < -0.39 is 0 Å². The molecule has 0 aromatic heterocycles. The molecule has 0 aliphatic carbocycles. The summed E-state index contributed by atoms with van der Waals surface area (Å²) in [6, 6.07) is 6.00. The van der Waals surface area contributed by atoms with Crippen LogP contribution in [0.25, 0.3) is 0 Å². The zero-order chi connectivity index (χ0) is 18.0. The molecule has 0 unspecified atom stereocenters. The van der Waals surface area contributed by atoms with Crippen LogP contribution in [0, 0.1) is 12.8 Å². The summed E-state index contributed by atoms with van der Waals surface area (Å²) in [5.41, 5.74) is 2.17. The van der Waals surface area contributed by atoms with Crippen LogP contribution in [0.5, 0.6) is 5.75 Å². The molecule has 0 saturated carbocycles. The summed E-state index contributed by atoms with van der Waals surface area (Å²) >= 11 is 0. The van der Waals surface area contributed by atoms with Gasteiger partial charge >= 0.3 is 0 Å². The normalized spacial score (nSPS) is 23.2. The van der Waals surface area contributed by atoms with Gasteiger partial charge in [0.1, 0.15) is 12.4 Å². The number of hydrogen-bond acceptors (Lipinski definition) is 4. The SMILES string of the molecule is CCN1C[C@H]2COc3ccc(C)cc3[C@H]2N(C(=O)COC)CCC1=O. The van der Waals surface area contributed by atoms with Crippen molar-refractivity contribution < 1.29 is 19.1 Å². The van der Waals surface area contributed by atoms with Gasteiger partial charge in [-0.2, -0.15) is 0 Å². The smallest absolute Gasteiger partial charge is 0.249 e. The molecule has 136 valence electrons. The van der Waals surface area contributed by atoms with E-state index in [1.165, 1.54) is 7.11 Å². The topological polar surface area (TPSA) is 59.1 Å². The fourth-order valence-electron chi connectivity index (χ4n) is 3.84. The van der Waals surface area contributed by atoms with Gasteiger partial charge in [-0.15, -0.1) is 0 Å². The first-order valence-corrected chi connectivity index (χ1v) is 8.84. The molecule has 2 atom stereocenters. The van der Waals surface area contributed by atoms with Crippen LogP contribution in [-0.4, -0.2) is 61.6 Å². The van der Waals surface area contributed by atoms with E-state index in [4.69, 9.17) is 9.47 Å². The lowest BCUT2D eigenvalue weighted by Crippen LogP contribution is -2.51. The first-order valence-electron chi connectivity index (χ1n) is 8.84. The molecular weight excluding hydrogens is 320 g/mol. The van der Waals surface area contributed by atoms with Gasteiger partial charge in [0.15, 0.2) is 0 Å². The van der Waals surface area contributed by atoms with E-state index in [1.807, 2.05) is 35.8 Å². The Kier molecular flexibility index (Phi) is 5.27. The highest BCUT2D eigenvalue weighted by molar-refractivity contribution is 5.81. The fourth-order valence-corrected chi connectivity index (χ4v) is 3.84. The number of amides is 2. The number of ether oxygens (including phenoxy) is 2. The van der Waals surface area contributed by atoms with Crippen molar-refractivity contribution in [1.82, 2.24) is 9.80 Å². The average Bonchev–Trinajstić information content (AvgIpc) is 2.59. The minimum absolute atomic E-state index is 0.0247. The molecule has 1 aromatic carbocycles. The Morgan fingerprint density at radius 1 is 1.40 bits per heavy atom. The molecule has 2 aliphatic rings. The van der Waals surface area contributed by atoms with Gasteiger partial charge in [0.2, 0.25) is 11.8 Å². The highest BCUT2D eigenvalue weighted by Crippen LogP contribution is 2.41. The molecule has 2 aliphatic heterocycles. The predicted molar refractivity (Wildman–Crippen MR) is 93.4 cm³/mol. The van der Waals surface area contributed by atoms with Gasteiger partial charge in [-0.3, -0.25) is 9.59 Å². The zero-order valence-electron chi connectivity index (χ0n) is 15.2. The maximum atomic E-state index is 12.7. The van der Waals surface area contributed by atoms with Crippen LogP contribution in [0.2, 0.25) is 0 Å². The Morgan fingerprint density at radius 3 is 2.92 bits per heavy atom. The average molecular weight is 346 g/mol. The standard InChI is InChI=1S/C19H26N2O4/c1-4-20-10-14-11-25-16-6-5-13(2)9-15(16)19(14)21(8-7-17(20)22)18(23)12-24-3/h5-6,9,14,19H,4,7-8,10-12H2,1-3H3/t14-,19-/m0/s1. The molecule has 1 saturated heterocycles. The van der Waals surface area contributed by atoms with Gasteiger partial charge in [-0.1, -0.05) is 17.7 Å². The number of fused-ring (bicyclic) bond motifs is 3. The first-order chi connectivity index (χ1) is 12.0. The third-order valence-electron chi connectivity index (χ3n) is 5.06. The number of nitrogens with zero attached hydrogens (tertiary/aromatic N) is 2. The number of carbonyl (C=O) groups is 2. The molecule has 6 heteroatoms. The Morgan fingerprint density at radius 2 is 2.20 bits per heavy atom. The van der Waals surface area contributed by atoms with Gasteiger partial charge in [0.25, 0.3) is 0 Å². The van der Waals surface area contributed by atoms with E-state index in [0.29, 0.717) is 32.7 Å². The summed E-state index contributed by atoms with van der Waals surface area (Å²) < 4.78 is 11.0. The molecule has 2 amide bonds. The van der Waals surface area contributed by atoms with Crippen LogP contribution in [0.1, 0.15) is 30.5 Å². The van der Waals surface area contributed by atoms with E-state index >= 15 is 0 Å². The third kappa shape index (κ3) is 3.49. The zero-order valence-corrected chi connectivity index (χ0v) is 15.2. The number of methoxy groups -OCH3 is 1. The third-order valence-corrected chi connectivity index (χ3v) is 5.06. The van der Waals surface area contributed by atoms with E-state index in [1.54, 1.807) is 0 Å². The highest BCUT2D eigenvalue weighted by atomic mass is 16.5. The lowest BCUT2D eigenvalue weighted by atomic mass is 9.86. The van der Waals surface area contributed by atoms with E-state index in [9.17, 15) is 9.59 Å². The first kappa shape index (κ1) is 17.7. The van der Waals surface area contributed by atoms with Crippen molar-refractivity contribution in [3.05, 3.63) is 29.3 Å². The van der Waals surface area contributed by atoms with Crippen molar-refractivity contribution in [2.75, 3.05) is 40.0 Å². The van der Waals surface area contributed by atoms with E-state index in [2.05, 4.69) is 6.07 Å². The van der Waals surface area contributed by atoms with Gasteiger partial charge in [0.05, 0.1) is 12.6 Å². The van der Waals surface area contributed by atoms with Crippen molar-refractivity contribution in [3.63, 3.8) is 0 Å². The van der Waals surface area contributed by atoms with Crippen LogP contribution >= 0.6 is 0 Å². The summed E-state index contributed by atoms with van der Waals surface area (Å²) in [5.74, 6) is 0.895. The molecule has 25 heavy (non-hydrogen) atoms. The Bertz CT molecular complexity index is 661. The summed E-state index contributed by atoms with van der Waals surface area (Å²) in [5, 5.41) is 0. The second kappa shape index (κ2) is 7.44. The Balaban J connectivity index is 2.02. The van der Waals surface area contributed by atoms with Crippen molar-refractivity contribution in [2.24, 2.45) is 5.92 Å². The minimum atomic E-state index is -0.0894. The molecule has 1 aromatic rings. The Labute approximate surface area is 148 Å². The molecule has 3 rings (SSSR count). The molecule has 2 heterocycles. The van der Waals surface area contributed by atoms with Crippen LogP contribution < -0.4 is 4.74 Å². The van der Waals surface area contributed by atoms with Gasteiger partial charge in [0, 0.05) is 44.6 Å². The molecule has 0 radical (unpaired) electrons. The number of rotatable bonds is 3. The highest BCUT2D eigenvalue weighted by Gasteiger charge is 2.40. The van der Waals surface area contributed by atoms with Crippen molar-refractivity contribution in [1.29, 1.82) is 0 Å². The number of hydrogen-bond donors (Lipinski definition) is 0. The van der Waals surface area contributed by atoms with Crippen molar-refractivity contribution >= 4 is 11.8 Å². The predicted octanol–water partition coefficient (Wildman–Crippen LogP) is 1.77.